The number of fused-ring (bicyclic) bond motifs is 2. The summed E-state index contributed by atoms with van der Waals surface area (Å²) in [6.07, 6.45) is 9.13. The maximum atomic E-state index is 12.3. The van der Waals surface area contributed by atoms with Crippen LogP contribution in [0.5, 0.6) is 0 Å². The van der Waals surface area contributed by atoms with E-state index in [1.54, 1.807) is 6.08 Å². The van der Waals surface area contributed by atoms with Gasteiger partial charge in [-0.15, -0.1) is 0 Å². The van der Waals surface area contributed by atoms with E-state index in [0.717, 1.165) is 55.9 Å². The number of allylic oxidation sites excluding steroid dienone is 1. The van der Waals surface area contributed by atoms with E-state index >= 15 is 0 Å². The van der Waals surface area contributed by atoms with Crippen molar-refractivity contribution in [2.24, 2.45) is 0 Å². The smallest absolute Gasteiger partial charge is 0.330 e. The van der Waals surface area contributed by atoms with Gasteiger partial charge in [0.05, 0.1) is 12.1 Å². The first-order valence-corrected chi connectivity index (χ1v) is 10.6. The molecule has 2 bridgehead atoms. The van der Waals surface area contributed by atoms with Crippen LogP contribution in [0.15, 0.2) is 11.6 Å². The Balaban J connectivity index is 1.74. The Morgan fingerprint density at radius 1 is 1.19 bits per heavy atom. The fourth-order valence-electron chi connectivity index (χ4n) is 3.98. The summed E-state index contributed by atoms with van der Waals surface area (Å²) in [6.45, 7) is 1.96. The molecule has 3 heterocycles. The number of carbonyl (C=O) groups is 2. The number of carbonyl (C=O) groups excluding carboxylic acids is 2. The lowest BCUT2D eigenvalue weighted by Crippen LogP contribution is -2.58. The Kier molecular flexibility index (Phi) is 6.64. The van der Waals surface area contributed by atoms with Gasteiger partial charge in [0.1, 0.15) is 6.10 Å². The molecule has 0 aromatic heterocycles. The summed E-state index contributed by atoms with van der Waals surface area (Å²) in [5.41, 5.74) is 1.03. The largest absolute Gasteiger partial charge is 0.459 e. The minimum Gasteiger partial charge on any atom is -0.459 e. The number of rotatable bonds is 1. The highest BCUT2D eigenvalue weighted by molar-refractivity contribution is 8.14. The summed E-state index contributed by atoms with van der Waals surface area (Å²) < 4.78 is 11.7. The van der Waals surface area contributed by atoms with E-state index in [2.05, 4.69) is 5.32 Å². The van der Waals surface area contributed by atoms with E-state index in [1.165, 1.54) is 6.42 Å². The van der Waals surface area contributed by atoms with Gasteiger partial charge in [0.2, 0.25) is 0 Å². The molecule has 0 aliphatic carbocycles. The highest BCUT2D eigenvalue weighted by Crippen LogP contribution is 2.36. The molecule has 1 unspecified atom stereocenters. The van der Waals surface area contributed by atoms with Crippen molar-refractivity contribution in [1.82, 2.24) is 5.32 Å². The van der Waals surface area contributed by atoms with Crippen LogP contribution in [0.3, 0.4) is 0 Å². The normalized spacial score (nSPS) is 37.3. The van der Waals surface area contributed by atoms with Gasteiger partial charge in [0.25, 0.3) is 5.24 Å². The van der Waals surface area contributed by atoms with Gasteiger partial charge in [-0.2, -0.15) is 0 Å². The highest BCUT2D eigenvalue weighted by Gasteiger charge is 2.49. The van der Waals surface area contributed by atoms with Gasteiger partial charge >= 0.3 is 5.97 Å². The zero-order valence-electron chi connectivity index (χ0n) is 15.4. The molecular formula is C19H29NO5S. The minimum atomic E-state index is -1.48. The van der Waals surface area contributed by atoms with E-state index in [4.69, 9.17) is 9.47 Å². The molecule has 146 valence electrons. The van der Waals surface area contributed by atoms with Gasteiger partial charge in [0, 0.05) is 24.7 Å². The Bertz CT molecular complexity index is 566. The average Bonchev–Trinajstić information content (AvgIpc) is 3.00. The van der Waals surface area contributed by atoms with Gasteiger partial charge in [-0.1, -0.05) is 43.0 Å². The quantitative estimate of drug-likeness (QED) is 0.676. The number of thioether (sulfide) groups is 1. The Morgan fingerprint density at radius 2 is 1.96 bits per heavy atom. The molecule has 3 aliphatic heterocycles. The summed E-state index contributed by atoms with van der Waals surface area (Å²) >= 11 is 1.15. The Labute approximate surface area is 159 Å². The molecule has 1 amide bonds. The second-order valence-electron chi connectivity index (χ2n) is 7.68. The molecule has 2 saturated heterocycles. The lowest BCUT2D eigenvalue weighted by atomic mass is 9.91. The van der Waals surface area contributed by atoms with E-state index in [0.29, 0.717) is 12.2 Å². The molecule has 4 atom stereocenters. The fraction of sp³-hybridized carbons (Fsp3) is 0.789. The average molecular weight is 384 g/mol. The third kappa shape index (κ3) is 5.24. The van der Waals surface area contributed by atoms with Crippen LogP contribution in [-0.2, 0) is 14.3 Å². The monoisotopic (exact) mass is 383 g/mol. The van der Waals surface area contributed by atoms with E-state index in [9.17, 15) is 14.7 Å². The molecule has 0 aromatic carbocycles. The summed E-state index contributed by atoms with van der Waals surface area (Å²) in [6, 6.07) is -0.472. The van der Waals surface area contributed by atoms with Crippen molar-refractivity contribution >= 4 is 23.0 Å². The standard InChI is InChI=1S/C19H29NO5S/c1-13-7-5-3-2-4-6-8-14-10-15(24-17(21)9-13)11-19(23,25-14)16-12-26-18(22)20-16/h9,14-16,23H,2-8,10-12H2,1H3,(H,20,22)/t14-,15-,16?,19-/m1/s1. The molecule has 26 heavy (non-hydrogen) atoms. The SMILES string of the molecule is CC1=CC(=O)O[C@@H]2C[C@@H](CCCCCCC1)O[C@@](O)(C1CSC(=O)N1)C2. The number of aliphatic hydroxyl groups is 1. The highest BCUT2D eigenvalue weighted by atomic mass is 32.2. The summed E-state index contributed by atoms with van der Waals surface area (Å²) in [7, 11) is 0. The van der Waals surface area contributed by atoms with Crippen LogP contribution in [-0.4, -0.2) is 46.1 Å². The minimum absolute atomic E-state index is 0.150. The second kappa shape index (κ2) is 8.76. The van der Waals surface area contributed by atoms with Crippen molar-refractivity contribution in [3.05, 3.63) is 11.6 Å². The Morgan fingerprint density at radius 3 is 2.73 bits per heavy atom. The van der Waals surface area contributed by atoms with Crippen molar-refractivity contribution in [1.29, 1.82) is 0 Å². The molecule has 0 saturated carbocycles. The van der Waals surface area contributed by atoms with Gasteiger partial charge in [0.15, 0.2) is 5.79 Å². The topological polar surface area (TPSA) is 84.9 Å². The first kappa shape index (κ1) is 19.7. The molecule has 0 radical (unpaired) electrons. The van der Waals surface area contributed by atoms with Crippen LogP contribution in [0, 0.1) is 0 Å². The van der Waals surface area contributed by atoms with E-state index in [1.807, 2.05) is 6.92 Å². The van der Waals surface area contributed by atoms with Crippen LogP contribution >= 0.6 is 11.8 Å². The summed E-state index contributed by atoms with van der Waals surface area (Å²) in [4.78, 5) is 23.8. The second-order valence-corrected chi connectivity index (χ2v) is 8.67. The van der Waals surface area contributed by atoms with E-state index < -0.39 is 17.9 Å². The lowest BCUT2D eigenvalue weighted by molar-refractivity contribution is -0.283. The van der Waals surface area contributed by atoms with Crippen molar-refractivity contribution < 1.29 is 24.2 Å². The maximum absolute atomic E-state index is 12.3. The molecule has 7 heteroatoms. The number of ether oxygens (including phenoxy) is 2. The van der Waals surface area contributed by atoms with Crippen LogP contribution in [0.1, 0.15) is 64.7 Å². The Hall–Kier alpha value is -1.05. The lowest BCUT2D eigenvalue weighted by Gasteiger charge is -2.43. The molecule has 6 nitrogen and oxygen atoms in total. The molecule has 0 spiro atoms. The number of hydrogen-bond acceptors (Lipinski definition) is 6. The number of esters is 1. The first-order chi connectivity index (χ1) is 12.4. The predicted octanol–water partition coefficient (Wildman–Crippen LogP) is 3.28. The summed E-state index contributed by atoms with van der Waals surface area (Å²) in [5.74, 6) is -1.37. The van der Waals surface area contributed by atoms with Crippen LogP contribution in [0.25, 0.3) is 0 Å². The molecule has 0 aromatic rings. The molecule has 2 N–H and O–H groups in total. The number of hydrogen-bond donors (Lipinski definition) is 2. The van der Waals surface area contributed by atoms with Gasteiger partial charge in [-0.3, -0.25) is 4.79 Å². The van der Waals surface area contributed by atoms with Crippen molar-refractivity contribution in [3.8, 4) is 0 Å². The van der Waals surface area contributed by atoms with Gasteiger partial charge in [-0.05, 0) is 26.2 Å². The van der Waals surface area contributed by atoms with Gasteiger partial charge in [-0.25, -0.2) is 4.79 Å². The molecule has 3 aliphatic rings. The maximum Gasteiger partial charge on any atom is 0.330 e. The predicted molar refractivity (Wildman–Crippen MR) is 99.8 cm³/mol. The van der Waals surface area contributed by atoms with Gasteiger partial charge < -0.3 is 19.9 Å². The van der Waals surface area contributed by atoms with Crippen LogP contribution in [0.4, 0.5) is 4.79 Å². The van der Waals surface area contributed by atoms with Crippen LogP contribution in [0.2, 0.25) is 0 Å². The van der Waals surface area contributed by atoms with Crippen molar-refractivity contribution in [2.75, 3.05) is 5.75 Å². The van der Waals surface area contributed by atoms with Crippen molar-refractivity contribution in [2.45, 2.75) is 88.7 Å². The fourth-order valence-corrected chi connectivity index (χ4v) is 4.87. The zero-order chi connectivity index (χ0) is 18.6. The number of nitrogens with one attached hydrogen (secondary N) is 1. The molecular weight excluding hydrogens is 354 g/mol. The zero-order valence-corrected chi connectivity index (χ0v) is 16.2. The summed E-state index contributed by atoms with van der Waals surface area (Å²) in [5, 5.41) is 13.7. The first-order valence-electron chi connectivity index (χ1n) is 9.66. The van der Waals surface area contributed by atoms with E-state index in [-0.39, 0.29) is 23.7 Å². The van der Waals surface area contributed by atoms with Crippen LogP contribution < -0.4 is 5.32 Å². The molecule has 2 fully saturated rings. The molecule has 3 rings (SSSR count). The third-order valence-corrected chi connectivity index (χ3v) is 6.26. The van der Waals surface area contributed by atoms with Crippen molar-refractivity contribution in [3.63, 3.8) is 0 Å². The third-order valence-electron chi connectivity index (χ3n) is 5.38. The number of amides is 1.